The Morgan fingerprint density at radius 1 is 1.23 bits per heavy atom. The van der Waals surface area contributed by atoms with Crippen LogP contribution in [0.4, 0.5) is 10.2 Å². The van der Waals surface area contributed by atoms with Crippen molar-refractivity contribution in [1.82, 2.24) is 9.78 Å². The first-order valence-corrected chi connectivity index (χ1v) is 10.0. The molecule has 1 aliphatic rings. The summed E-state index contributed by atoms with van der Waals surface area (Å²) in [5, 5.41) is 17.1. The summed E-state index contributed by atoms with van der Waals surface area (Å²) < 4.78 is 21.3. The number of nitrogens with two attached hydrogens (primary N) is 1. The maximum atomic E-state index is 14.3. The van der Waals surface area contributed by atoms with E-state index in [1.54, 1.807) is 17.9 Å². The number of ether oxygens (including phenoxy) is 1. The Bertz CT molecular complexity index is 1070. The second-order valence-corrected chi connectivity index (χ2v) is 7.65. The summed E-state index contributed by atoms with van der Waals surface area (Å²) in [5.41, 5.74) is 8.24. The molecule has 0 unspecified atom stereocenters. The van der Waals surface area contributed by atoms with E-state index in [1.165, 1.54) is 12.1 Å². The van der Waals surface area contributed by atoms with Crippen molar-refractivity contribution < 1.29 is 9.13 Å². The van der Waals surface area contributed by atoms with E-state index in [2.05, 4.69) is 5.32 Å². The molecule has 0 aliphatic heterocycles. The van der Waals surface area contributed by atoms with Crippen LogP contribution in [0.15, 0.2) is 48.5 Å². The Hall–Kier alpha value is -3.37. The molecule has 1 aromatic heterocycles. The lowest BCUT2D eigenvalue weighted by atomic mass is 10.1. The number of halogens is 1. The number of anilines is 1. The van der Waals surface area contributed by atoms with E-state index in [-0.39, 0.29) is 11.6 Å². The number of nitrogens with zero attached hydrogens (tertiary/aromatic N) is 3. The largest absolute Gasteiger partial charge is 0.497 e. The van der Waals surface area contributed by atoms with E-state index in [0.29, 0.717) is 17.3 Å². The van der Waals surface area contributed by atoms with Crippen LogP contribution < -0.4 is 15.8 Å². The highest BCUT2D eigenvalue weighted by atomic mass is 19.1. The highest BCUT2D eigenvalue weighted by Gasteiger charge is 2.22. The molecule has 2 atom stereocenters. The summed E-state index contributed by atoms with van der Waals surface area (Å²) in [7, 11) is 1.62. The van der Waals surface area contributed by atoms with Gasteiger partial charge in [-0.15, -0.1) is 5.10 Å². The fourth-order valence-corrected chi connectivity index (χ4v) is 3.91. The van der Waals surface area contributed by atoms with Gasteiger partial charge >= 0.3 is 0 Å². The smallest absolute Gasteiger partial charge is 0.149 e. The van der Waals surface area contributed by atoms with Crippen LogP contribution in [0.25, 0.3) is 16.9 Å². The molecule has 4 rings (SSSR count). The van der Waals surface area contributed by atoms with Gasteiger partial charge in [0.1, 0.15) is 23.5 Å². The predicted molar refractivity (Wildman–Crippen MR) is 114 cm³/mol. The number of nitriles is 1. The van der Waals surface area contributed by atoms with E-state index >= 15 is 0 Å². The third-order valence-corrected chi connectivity index (χ3v) is 5.57. The lowest BCUT2D eigenvalue weighted by molar-refractivity contribution is 0.414. The van der Waals surface area contributed by atoms with Crippen LogP contribution in [0.3, 0.4) is 0 Å². The molecule has 0 spiro atoms. The van der Waals surface area contributed by atoms with Gasteiger partial charge in [-0.25, -0.2) is 9.07 Å². The van der Waals surface area contributed by atoms with Crippen molar-refractivity contribution in [3.8, 4) is 28.8 Å². The molecule has 154 valence electrons. The minimum atomic E-state index is -0.549. The normalized spacial score (nSPS) is 18.2. The molecule has 6 nitrogen and oxygen atoms in total. The second-order valence-electron chi connectivity index (χ2n) is 7.65. The van der Waals surface area contributed by atoms with E-state index in [9.17, 15) is 4.39 Å². The quantitative estimate of drug-likeness (QED) is 0.645. The van der Waals surface area contributed by atoms with E-state index < -0.39 is 5.82 Å². The fourth-order valence-electron chi connectivity index (χ4n) is 3.91. The monoisotopic (exact) mass is 405 g/mol. The van der Waals surface area contributed by atoms with Crippen LogP contribution in [0.2, 0.25) is 0 Å². The zero-order chi connectivity index (χ0) is 21.1. The summed E-state index contributed by atoms with van der Waals surface area (Å²) in [6, 6.07) is 16.1. The maximum absolute atomic E-state index is 14.3. The zero-order valence-electron chi connectivity index (χ0n) is 16.8. The molecule has 1 fully saturated rings. The van der Waals surface area contributed by atoms with Gasteiger partial charge in [-0.05, 0) is 61.6 Å². The Kier molecular flexibility index (Phi) is 5.68. The minimum Gasteiger partial charge on any atom is -0.497 e. The summed E-state index contributed by atoms with van der Waals surface area (Å²) in [4.78, 5) is 0. The van der Waals surface area contributed by atoms with E-state index in [4.69, 9.17) is 20.8 Å². The van der Waals surface area contributed by atoms with Gasteiger partial charge in [0.25, 0.3) is 0 Å². The van der Waals surface area contributed by atoms with Gasteiger partial charge in [-0.2, -0.15) is 5.26 Å². The molecule has 1 saturated carbocycles. The highest BCUT2D eigenvalue weighted by molar-refractivity contribution is 5.67. The van der Waals surface area contributed by atoms with Crippen LogP contribution in [-0.2, 0) is 0 Å². The summed E-state index contributed by atoms with van der Waals surface area (Å²) in [6.07, 6.45) is 3.18. The molecule has 2 aromatic carbocycles. The number of aromatic nitrogens is 2. The maximum Gasteiger partial charge on any atom is 0.149 e. The fraction of sp³-hybridized carbons (Fsp3) is 0.304. The van der Waals surface area contributed by atoms with E-state index in [0.717, 1.165) is 42.9 Å². The van der Waals surface area contributed by atoms with Crippen molar-refractivity contribution in [1.29, 1.82) is 5.26 Å². The molecule has 30 heavy (non-hydrogen) atoms. The number of hydrogen-bond acceptors (Lipinski definition) is 5. The number of benzene rings is 2. The molecule has 0 saturated heterocycles. The van der Waals surface area contributed by atoms with Crippen LogP contribution in [0.5, 0.6) is 5.75 Å². The lowest BCUT2D eigenvalue weighted by Crippen LogP contribution is -2.17. The number of rotatable bonds is 6. The summed E-state index contributed by atoms with van der Waals surface area (Å²) in [5.74, 6) is 1.44. The van der Waals surface area contributed by atoms with Gasteiger partial charge in [0.15, 0.2) is 0 Å². The topological polar surface area (TPSA) is 88.9 Å². The number of hydrogen-bond donors (Lipinski definition) is 2. The molecule has 3 aromatic rings. The van der Waals surface area contributed by atoms with Gasteiger partial charge in [-0.1, -0.05) is 6.07 Å². The third kappa shape index (κ3) is 4.14. The van der Waals surface area contributed by atoms with Crippen LogP contribution >= 0.6 is 0 Å². The summed E-state index contributed by atoms with van der Waals surface area (Å²) >= 11 is 0. The Morgan fingerprint density at radius 2 is 2.03 bits per heavy atom. The molecule has 1 aliphatic carbocycles. The standard InChI is InChI=1S/C23H24FN5O/c1-30-20-8-6-19(7-9-20)29-22(16-3-4-17(13-25)21(24)11-16)12-23(28-29)27-14-15-2-5-18(26)10-15/h3-4,6-9,11-12,15,18H,2,5,10,14,26H2,1H3,(H,27,28)/t15-,18+/m1/s1. The molecule has 0 bridgehead atoms. The van der Waals surface area contributed by atoms with Gasteiger partial charge in [-0.3, -0.25) is 0 Å². The molecular formula is C23H24FN5O. The first kappa shape index (κ1) is 19.9. The highest BCUT2D eigenvalue weighted by Crippen LogP contribution is 2.29. The molecule has 3 N–H and O–H groups in total. The van der Waals surface area contributed by atoms with Crippen molar-refractivity contribution in [2.24, 2.45) is 11.7 Å². The minimum absolute atomic E-state index is 0.0187. The van der Waals surface area contributed by atoms with Crippen molar-refractivity contribution >= 4 is 5.82 Å². The van der Waals surface area contributed by atoms with Crippen molar-refractivity contribution in [3.63, 3.8) is 0 Å². The van der Waals surface area contributed by atoms with Crippen LogP contribution in [-0.4, -0.2) is 29.5 Å². The molecular weight excluding hydrogens is 381 g/mol. The Labute approximate surface area is 175 Å². The molecule has 1 heterocycles. The van der Waals surface area contributed by atoms with E-state index in [1.807, 2.05) is 36.4 Å². The summed E-state index contributed by atoms with van der Waals surface area (Å²) in [6.45, 7) is 0.800. The van der Waals surface area contributed by atoms with Gasteiger partial charge in [0, 0.05) is 24.2 Å². The Balaban J connectivity index is 1.67. The van der Waals surface area contributed by atoms with Crippen molar-refractivity contribution in [3.05, 3.63) is 59.9 Å². The number of nitrogens with one attached hydrogen (secondary N) is 1. The van der Waals surface area contributed by atoms with Crippen LogP contribution in [0, 0.1) is 23.1 Å². The average Bonchev–Trinajstić information content (AvgIpc) is 3.38. The predicted octanol–water partition coefficient (Wildman–Crippen LogP) is 4.10. The molecule has 0 radical (unpaired) electrons. The first-order valence-electron chi connectivity index (χ1n) is 10.0. The average molecular weight is 405 g/mol. The number of methoxy groups -OCH3 is 1. The van der Waals surface area contributed by atoms with Gasteiger partial charge < -0.3 is 15.8 Å². The van der Waals surface area contributed by atoms with Crippen LogP contribution in [0.1, 0.15) is 24.8 Å². The lowest BCUT2D eigenvalue weighted by Gasteiger charge is -2.10. The molecule has 7 heteroatoms. The molecule has 0 amide bonds. The van der Waals surface area contributed by atoms with Crippen molar-refractivity contribution in [2.45, 2.75) is 25.3 Å². The van der Waals surface area contributed by atoms with Crippen molar-refractivity contribution in [2.75, 3.05) is 19.0 Å². The zero-order valence-corrected chi connectivity index (χ0v) is 16.8. The second kappa shape index (κ2) is 8.56. The third-order valence-electron chi connectivity index (χ3n) is 5.57. The van der Waals surface area contributed by atoms with Gasteiger partial charge in [0.2, 0.25) is 0 Å². The SMILES string of the molecule is COc1ccc(-n2nc(NC[C@@H]3CC[C@H](N)C3)cc2-c2ccc(C#N)c(F)c2)cc1. The van der Waals surface area contributed by atoms with Gasteiger partial charge in [0.05, 0.1) is 24.1 Å². The first-order chi connectivity index (χ1) is 14.6. The Morgan fingerprint density at radius 3 is 2.67 bits per heavy atom.